The Morgan fingerprint density at radius 3 is 2.77 bits per heavy atom. The quantitative estimate of drug-likeness (QED) is 0.609. The van der Waals surface area contributed by atoms with Gasteiger partial charge < -0.3 is 9.64 Å². The van der Waals surface area contributed by atoms with Gasteiger partial charge in [0.2, 0.25) is 11.8 Å². The minimum absolute atomic E-state index is 0.211. The van der Waals surface area contributed by atoms with E-state index in [9.17, 15) is 4.79 Å². The minimum atomic E-state index is 0.211. The number of hydrogen-bond donors (Lipinski definition) is 0. The van der Waals surface area contributed by atoms with E-state index in [0.29, 0.717) is 31.4 Å². The zero-order chi connectivity index (χ0) is 22.0. The predicted octanol–water partition coefficient (Wildman–Crippen LogP) is 3.09. The van der Waals surface area contributed by atoms with Crippen LogP contribution < -0.4 is 4.74 Å². The molecular weight excluding hydrogens is 392 g/mol. The summed E-state index contributed by atoms with van der Waals surface area (Å²) in [6.07, 6.45) is 5.02. The SMILES string of the molecule is Cc1ccc(-c2nnn(C)c2COc2cc3c(cn2)CN(C(=O)CC(C)C)CC3)cn1. The maximum absolute atomic E-state index is 12.4. The van der Waals surface area contributed by atoms with Gasteiger partial charge in [0.1, 0.15) is 18.0 Å². The van der Waals surface area contributed by atoms with E-state index >= 15 is 0 Å². The summed E-state index contributed by atoms with van der Waals surface area (Å²) in [4.78, 5) is 23.1. The number of aromatic nitrogens is 5. The lowest BCUT2D eigenvalue weighted by Gasteiger charge is -2.29. The van der Waals surface area contributed by atoms with Crippen LogP contribution in [0.3, 0.4) is 0 Å². The molecule has 0 aliphatic carbocycles. The van der Waals surface area contributed by atoms with E-state index in [1.807, 2.05) is 43.3 Å². The first kappa shape index (κ1) is 21.0. The summed E-state index contributed by atoms with van der Waals surface area (Å²) in [7, 11) is 1.85. The van der Waals surface area contributed by atoms with E-state index in [0.717, 1.165) is 41.2 Å². The molecule has 4 rings (SSSR count). The standard InChI is InChI=1S/C23H28N6O2/c1-15(2)9-22(30)29-8-7-17-10-21(25-12-19(17)13-29)31-14-20-23(26-27-28(20)4)18-6-5-16(3)24-11-18/h5-6,10-12,15H,7-9,13-14H2,1-4H3. The van der Waals surface area contributed by atoms with Crippen molar-refractivity contribution in [2.75, 3.05) is 6.54 Å². The van der Waals surface area contributed by atoms with Gasteiger partial charge in [0, 0.05) is 56.3 Å². The molecule has 1 aliphatic rings. The van der Waals surface area contributed by atoms with E-state index in [1.54, 1.807) is 10.9 Å². The molecule has 0 bridgehead atoms. The van der Waals surface area contributed by atoms with Crippen LogP contribution in [0.2, 0.25) is 0 Å². The molecule has 1 aliphatic heterocycles. The third-order valence-electron chi connectivity index (χ3n) is 5.49. The van der Waals surface area contributed by atoms with Gasteiger partial charge in [-0.2, -0.15) is 0 Å². The van der Waals surface area contributed by atoms with Crippen LogP contribution in [-0.4, -0.2) is 42.3 Å². The molecule has 0 fully saturated rings. The third-order valence-corrected chi connectivity index (χ3v) is 5.49. The summed E-state index contributed by atoms with van der Waals surface area (Å²) in [5, 5.41) is 8.42. The average molecular weight is 421 g/mol. The van der Waals surface area contributed by atoms with Gasteiger partial charge in [-0.1, -0.05) is 19.1 Å². The van der Waals surface area contributed by atoms with E-state index in [4.69, 9.17) is 4.74 Å². The first-order valence-electron chi connectivity index (χ1n) is 10.6. The predicted molar refractivity (Wildman–Crippen MR) is 116 cm³/mol. The summed E-state index contributed by atoms with van der Waals surface area (Å²) < 4.78 is 7.71. The lowest BCUT2D eigenvalue weighted by Crippen LogP contribution is -2.36. The number of pyridine rings is 2. The molecule has 162 valence electrons. The maximum Gasteiger partial charge on any atom is 0.223 e. The van der Waals surface area contributed by atoms with Crippen LogP contribution in [0.4, 0.5) is 0 Å². The van der Waals surface area contributed by atoms with Crippen molar-refractivity contribution in [3.63, 3.8) is 0 Å². The van der Waals surface area contributed by atoms with Crippen LogP contribution >= 0.6 is 0 Å². The average Bonchev–Trinajstić information content (AvgIpc) is 3.12. The van der Waals surface area contributed by atoms with Gasteiger partial charge >= 0.3 is 0 Å². The Labute approximate surface area is 182 Å². The van der Waals surface area contributed by atoms with Crippen LogP contribution in [0, 0.1) is 12.8 Å². The minimum Gasteiger partial charge on any atom is -0.471 e. The van der Waals surface area contributed by atoms with Crippen molar-refractivity contribution in [3.05, 3.63) is 53.1 Å². The molecule has 0 aromatic carbocycles. The summed E-state index contributed by atoms with van der Waals surface area (Å²) in [6, 6.07) is 5.92. The van der Waals surface area contributed by atoms with Crippen molar-refractivity contribution in [3.8, 4) is 17.1 Å². The molecule has 0 saturated carbocycles. The fraction of sp³-hybridized carbons (Fsp3) is 0.435. The van der Waals surface area contributed by atoms with Crippen LogP contribution in [0.1, 0.15) is 42.8 Å². The number of amides is 1. The van der Waals surface area contributed by atoms with Gasteiger partial charge in [0.15, 0.2) is 0 Å². The molecule has 0 spiro atoms. The van der Waals surface area contributed by atoms with Gasteiger partial charge in [0.25, 0.3) is 0 Å². The number of aryl methyl sites for hydroxylation is 2. The molecule has 0 radical (unpaired) electrons. The number of carbonyl (C=O) groups is 1. The summed E-state index contributed by atoms with van der Waals surface area (Å²) in [5.41, 5.74) is 5.74. The zero-order valence-corrected chi connectivity index (χ0v) is 18.5. The Bertz CT molecular complexity index is 1070. The van der Waals surface area contributed by atoms with Gasteiger partial charge in [-0.3, -0.25) is 9.78 Å². The monoisotopic (exact) mass is 420 g/mol. The highest BCUT2D eigenvalue weighted by atomic mass is 16.5. The number of rotatable bonds is 6. The van der Waals surface area contributed by atoms with Crippen LogP contribution in [0.15, 0.2) is 30.6 Å². The number of nitrogens with zero attached hydrogens (tertiary/aromatic N) is 6. The summed E-state index contributed by atoms with van der Waals surface area (Å²) >= 11 is 0. The van der Waals surface area contributed by atoms with E-state index in [2.05, 4.69) is 34.1 Å². The van der Waals surface area contributed by atoms with Crippen LogP contribution in [-0.2, 0) is 31.4 Å². The molecule has 0 N–H and O–H groups in total. The first-order valence-corrected chi connectivity index (χ1v) is 10.6. The van der Waals surface area contributed by atoms with Crippen molar-refractivity contribution in [2.24, 2.45) is 13.0 Å². The molecule has 31 heavy (non-hydrogen) atoms. The first-order chi connectivity index (χ1) is 14.9. The van der Waals surface area contributed by atoms with Crippen LogP contribution in [0.25, 0.3) is 11.3 Å². The van der Waals surface area contributed by atoms with Gasteiger partial charge in [-0.05, 0) is 42.5 Å². The van der Waals surface area contributed by atoms with Gasteiger partial charge in [0.05, 0.1) is 0 Å². The zero-order valence-electron chi connectivity index (χ0n) is 18.5. The fourth-order valence-corrected chi connectivity index (χ4v) is 3.70. The van der Waals surface area contributed by atoms with Crippen molar-refractivity contribution in [1.82, 2.24) is 29.9 Å². The normalized spacial score (nSPS) is 13.4. The largest absolute Gasteiger partial charge is 0.471 e. The Balaban J connectivity index is 1.45. The molecule has 4 heterocycles. The highest BCUT2D eigenvalue weighted by Crippen LogP contribution is 2.25. The Morgan fingerprint density at radius 2 is 2.03 bits per heavy atom. The van der Waals surface area contributed by atoms with Crippen molar-refractivity contribution in [2.45, 2.75) is 46.8 Å². The highest BCUT2D eigenvalue weighted by Gasteiger charge is 2.22. The Morgan fingerprint density at radius 1 is 1.19 bits per heavy atom. The molecule has 3 aromatic heterocycles. The summed E-state index contributed by atoms with van der Waals surface area (Å²) in [6.45, 7) is 7.74. The molecule has 1 amide bonds. The smallest absolute Gasteiger partial charge is 0.223 e. The lowest BCUT2D eigenvalue weighted by atomic mass is 10.0. The van der Waals surface area contributed by atoms with Crippen molar-refractivity contribution >= 4 is 5.91 Å². The second-order valence-electron chi connectivity index (χ2n) is 8.44. The van der Waals surface area contributed by atoms with Crippen LogP contribution in [0.5, 0.6) is 5.88 Å². The van der Waals surface area contributed by atoms with Crippen molar-refractivity contribution < 1.29 is 9.53 Å². The lowest BCUT2D eigenvalue weighted by molar-refractivity contribution is -0.132. The second-order valence-corrected chi connectivity index (χ2v) is 8.44. The van der Waals surface area contributed by atoms with Gasteiger partial charge in [-0.25, -0.2) is 9.67 Å². The number of fused-ring (bicyclic) bond motifs is 1. The topological polar surface area (TPSA) is 86.0 Å². The molecular formula is C23H28N6O2. The van der Waals surface area contributed by atoms with E-state index < -0.39 is 0 Å². The number of carbonyl (C=O) groups excluding carboxylic acids is 1. The number of ether oxygens (including phenoxy) is 1. The Kier molecular flexibility index (Phi) is 5.97. The maximum atomic E-state index is 12.4. The van der Waals surface area contributed by atoms with E-state index in [1.165, 1.54) is 5.56 Å². The Hall–Kier alpha value is -3.29. The molecule has 0 atom stereocenters. The molecule has 3 aromatic rings. The second kappa shape index (κ2) is 8.83. The molecule has 8 heteroatoms. The number of hydrogen-bond acceptors (Lipinski definition) is 6. The summed E-state index contributed by atoms with van der Waals surface area (Å²) in [5.74, 6) is 1.14. The van der Waals surface area contributed by atoms with Crippen molar-refractivity contribution in [1.29, 1.82) is 0 Å². The fourth-order valence-electron chi connectivity index (χ4n) is 3.70. The van der Waals surface area contributed by atoms with E-state index in [-0.39, 0.29) is 5.91 Å². The third kappa shape index (κ3) is 4.73. The molecule has 0 unspecified atom stereocenters. The van der Waals surface area contributed by atoms with Gasteiger partial charge in [-0.15, -0.1) is 5.10 Å². The molecule has 0 saturated heterocycles. The highest BCUT2D eigenvalue weighted by molar-refractivity contribution is 5.76. The molecule has 8 nitrogen and oxygen atoms in total.